The van der Waals surface area contributed by atoms with E-state index in [4.69, 9.17) is 5.73 Å². The Balaban J connectivity index is 2.96. The Labute approximate surface area is 85.5 Å². The average Bonchev–Trinajstić information content (AvgIpc) is 2.47. The Morgan fingerprint density at radius 3 is 2.50 bits per heavy atom. The maximum atomic E-state index is 6.03. The van der Waals surface area contributed by atoms with Crippen LogP contribution in [0.3, 0.4) is 0 Å². The van der Waals surface area contributed by atoms with Gasteiger partial charge in [0.15, 0.2) is 0 Å². The van der Waals surface area contributed by atoms with Crippen LogP contribution in [0.15, 0.2) is 0 Å². The highest BCUT2D eigenvalue weighted by Crippen LogP contribution is 2.18. The van der Waals surface area contributed by atoms with E-state index in [1.54, 1.807) is 0 Å². The van der Waals surface area contributed by atoms with E-state index in [1.165, 1.54) is 0 Å². The van der Waals surface area contributed by atoms with Gasteiger partial charge in [0.2, 0.25) is 0 Å². The molecule has 1 rings (SSSR count). The van der Waals surface area contributed by atoms with Gasteiger partial charge in [-0.2, -0.15) is 0 Å². The lowest BCUT2D eigenvalue weighted by molar-refractivity contribution is 0.502. The van der Waals surface area contributed by atoms with E-state index in [1.807, 2.05) is 6.92 Å². The molecule has 0 fully saturated rings. The second-order valence-corrected chi connectivity index (χ2v) is 3.96. The first-order valence-electron chi connectivity index (χ1n) is 5.24. The molecule has 0 saturated heterocycles. The first kappa shape index (κ1) is 11.2. The molecule has 0 aliphatic carbocycles. The predicted molar refractivity (Wildman–Crippen MR) is 57.0 cm³/mol. The first-order chi connectivity index (χ1) is 6.57. The lowest BCUT2D eigenvalue weighted by Gasteiger charge is -2.16. The van der Waals surface area contributed by atoms with Crippen molar-refractivity contribution in [3.05, 3.63) is 11.6 Å². The summed E-state index contributed by atoms with van der Waals surface area (Å²) in [7, 11) is 0. The van der Waals surface area contributed by atoms with Gasteiger partial charge in [-0.05, 0) is 27.2 Å². The van der Waals surface area contributed by atoms with Crippen molar-refractivity contribution in [3.63, 3.8) is 0 Å². The van der Waals surface area contributed by atoms with Crippen molar-refractivity contribution in [2.24, 2.45) is 5.73 Å². The third-order valence-electron chi connectivity index (χ3n) is 2.34. The zero-order valence-electron chi connectivity index (χ0n) is 9.49. The number of aromatic nitrogens is 3. The first-order valence-corrected chi connectivity index (χ1v) is 5.24. The highest BCUT2D eigenvalue weighted by molar-refractivity contribution is 5.00. The van der Waals surface area contributed by atoms with Crippen LogP contribution in [0.5, 0.6) is 0 Å². The van der Waals surface area contributed by atoms with E-state index < -0.39 is 0 Å². The molecule has 0 bridgehead atoms. The molecule has 1 atom stereocenters. The fourth-order valence-electron chi connectivity index (χ4n) is 1.72. The lowest BCUT2D eigenvalue weighted by Crippen LogP contribution is -2.18. The Morgan fingerprint density at radius 2 is 2.00 bits per heavy atom. The molecule has 0 saturated carbocycles. The molecule has 0 spiro atoms. The SMILES string of the molecule is CCCC(N)c1nnc(C)n1C(C)C. The minimum atomic E-state index is 0.0172. The van der Waals surface area contributed by atoms with Crippen molar-refractivity contribution in [2.45, 2.75) is 52.6 Å². The fraction of sp³-hybridized carbons (Fsp3) is 0.800. The third kappa shape index (κ3) is 2.12. The average molecular weight is 196 g/mol. The van der Waals surface area contributed by atoms with Gasteiger partial charge in [-0.15, -0.1) is 10.2 Å². The summed E-state index contributed by atoms with van der Waals surface area (Å²) in [6.45, 7) is 8.34. The topological polar surface area (TPSA) is 56.7 Å². The summed E-state index contributed by atoms with van der Waals surface area (Å²) >= 11 is 0. The Kier molecular flexibility index (Phi) is 3.63. The molecule has 1 unspecified atom stereocenters. The molecule has 4 heteroatoms. The van der Waals surface area contributed by atoms with Crippen molar-refractivity contribution in [3.8, 4) is 0 Å². The van der Waals surface area contributed by atoms with E-state index in [0.29, 0.717) is 6.04 Å². The molecule has 0 radical (unpaired) electrons. The number of nitrogens with two attached hydrogens (primary N) is 1. The van der Waals surface area contributed by atoms with Gasteiger partial charge >= 0.3 is 0 Å². The van der Waals surface area contributed by atoms with Crippen LogP contribution >= 0.6 is 0 Å². The number of hydrogen-bond acceptors (Lipinski definition) is 3. The summed E-state index contributed by atoms with van der Waals surface area (Å²) in [6, 6.07) is 0.395. The van der Waals surface area contributed by atoms with Gasteiger partial charge in [-0.3, -0.25) is 0 Å². The maximum absolute atomic E-state index is 6.03. The van der Waals surface area contributed by atoms with Crippen LogP contribution in [0.1, 0.15) is 57.3 Å². The van der Waals surface area contributed by atoms with Gasteiger partial charge in [-0.25, -0.2) is 0 Å². The molecule has 1 aromatic heterocycles. The van der Waals surface area contributed by atoms with Gasteiger partial charge in [0.25, 0.3) is 0 Å². The molecule has 0 amide bonds. The summed E-state index contributed by atoms with van der Waals surface area (Å²) < 4.78 is 2.11. The molecular formula is C10H20N4. The van der Waals surface area contributed by atoms with Gasteiger partial charge in [0, 0.05) is 6.04 Å². The second-order valence-electron chi connectivity index (χ2n) is 3.96. The van der Waals surface area contributed by atoms with Crippen molar-refractivity contribution in [2.75, 3.05) is 0 Å². The van der Waals surface area contributed by atoms with Crippen LogP contribution in [0.2, 0.25) is 0 Å². The molecule has 0 aliphatic heterocycles. The molecule has 2 N–H and O–H groups in total. The molecule has 1 heterocycles. The molecule has 80 valence electrons. The maximum Gasteiger partial charge on any atom is 0.150 e. The van der Waals surface area contributed by atoms with Gasteiger partial charge in [0.05, 0.1) is 6.04 Å². The van der Waals surface area contributed by atoms with E-state index >= 15 is 0 Å². The smallest absolute Gasteiger partial charge is 0.150 e. The van der Waals surface area contributed by atoms with Gasteiger partial charge < -0.3 is 10.3 Å². The number of nitrogens with zero attached hydrogens (tertiary/aromatic N) is 3. The van der Waals surface area contributed by atoms with Crippen LogP contribution in [-0.4, -0.2) is 14.8 Å². The van der Waals surface area contributed by atoms with E-state index in [-0.39, 0.29) is 6.04 Å². The van der Waals surface area contributed by atoms with Gasteiger partial charge in [0.1, 0.15) is 11.6 Å². The Bertz CT molecular complexity index is 290. The monoisotopic (exact) mass is 196 g/mol. The van der Waals surface area contributed by atoms with Crippen molar-refractivity contribution < 1.29 is 0 Å². The van der Waals surface area contributed by atoms with Crippen LogP contribution in [-0.2, 0) is 0 Å². The summed E-state index contributed by atoms with van der Waals surface area (Å²) in [5.41, 5.74) is 6.03. The highest BCUT2D eigenvalue weighted by Gasteiger charge is 2.16. The number of aryl methyl sites for hydroxylation is 1. The molecule has 4 nitrogen and oxygen atoms in total. The summed E-state index contributed by atoms with van der Waals surface area (Å²) in [5, 5.41) is 8.22. The highest BCUT2D eigenvalue weighted by atomic mass is 15.3. The van der Waals surface area contributed by atoms with Crippen LogP contribution in [0.25, 0.3) is 0 Å². The standard InChI is InChI=1S/C10H20N4/c1-5-6-9(11)10-13-12-8(4)14(10)7(2)3/h7,9H,5-6,11H2,1-4H3. The third-order valence-corrected chi connectivity index (χ3v) is 2.34. The zero-order chi connectivity index (χ0) is 10.7. The molecule has 0 aliphatic rings. The van der Waals surface area contributed by atoms with Crippen molar-refractivity contribution in [1.82, 2.24) is 14.8 Å². The second kappa shape index (κ2) is 4.55. The quantitative estimate of drug-likeness (QED) is 0.801. The number of rotatable bonds is 4. The lowest BCUT2D eigenvalue weighted by atomic mass is 10.1. The van der Waals surface area contributed by atoms with Gasteiger partial charge in [-0.1, -0.05) is 13.3 Å². The summed E-state index contributed by atoms with van der Waals surface area (Å²) in [5.74, 6) is 1.86. The van der Waals surface area contributed by atoms with Crippen molar-refractivity contribution in [1.29, 1.82) is 0 Å². The molecule has 0 aromatic carbocycles. The largest absolute Gasteiger partial charge is 0.321 e. The minimum absolute atomic E-state index is 0.0172. The molecular weight excluding hydrogens is 176 g/mol. The predicted octanol–water partition coefficient (Wildman–Crippen LogP) is 1.97. The summed E-state index contributed by atoms with van der Waals surface area (Å²) in [4.78, 5) is 0. The zero-order valence-corrected chi connectivity index (χ0v) is 9.49. The van der Waals surface area contributed by atoms with Crippen molar-refractivity contribution >= 4 is 0 Å². The van der Waals surface area contributed by atoms with Crippen LogP contribution < -0.4 is 5.73 Å². The molecule has 1 aromatic rings. The number of hydrogen-bond donors (Lipinski definition) is 1. The normalized spacial score (nSPS) is 13.6. The van der Waals surface area contributed by atoms with E-state index in [2.05, 4.69) is 35.5 Å². The van der Waals surface area contributed by atoms with Crippen LogP contribution in [0.4, 0.5) is 0 Å². The summed E-state index contributed by atoms with van der Waals surface area (Å²) in [6.07, 6.45) is 2.04. The molecule has 14 heavy (non-hydrogen) atoms. The van der Waals surface area contributed by atoms with Crippen LogP contribution in [0, 0.1) is 6.92 Å². The van der Waals surface area contributed by atoms with E-state index in [9.17, 15) is 0 Å². The minimum Gasteiger partial charge on any atom is -0.321 e. The Hall–Kier alpha value is -0.900. The Morgan fingerprint density at radius 1 is 1.36 bits per heavy atom. The van der Waals surface area contributed by atoms with E-state index in [0.717, 1.165) is 24.5 Å². The fourth-order valence-corrected chi connectivity index (χ4v) is 1.72.